The quantitative estimate of drug-likeness (QED) is 0.523. The Morgan fingerprint density at radius 2 is 2.00 bits per heavy atom. The summed E-state index contributed by atoms with van der Waals surface area (Å²) < 4.78 is 0. The van der Waals surface area contributed by atoms with Crippen LogP contribution in [0.25, 0.3) is 0 Å². The van der Waals surface area contributed by atoms with Crippen molar-refractivity contribution in [3.05, 3.63) is 11.8 Å². The van der Waals surface area contributed by atoms with Gasteiger partial charge in [0.2, 0.25) is 0 Å². The van der Waals surface area contributed by atoms with Crippen molar-refractivity contribution in [2.75, 3.05) is 14.1 Å². The van der Waals surface area contributed by atoms with Crippen molar-refractivity contribution in [2.24, 2.45) is 0 Å². The van der Waals surface area contributed by atoms with Gasteiger partial charge in [0.25, 0.3) is 0 Å². The van der Waals surface area contributed by atoms with Crippen LogP contribution in [0.2, 0.25) is 0 Å². The molecule has 0 unspecified atom stereocenters. The van der Waals surface area contributed by atoms with Crippen LogP contribution in [-0.4, -0.2) is 24.0 Å². The van der Waals surface area contributed by atoms with Gasteiger partial charge in [-0.1, -0.05) is 6.08 Å². The van der Waals surface area contributed by atoms with Crippen molar-refractivity contribution < 1.29 is 0 Å². The van der Waals surface area contributed by atoms with Gasteiger partial charge in [-0.15, -0.1) is 11.6 Å². The summed E-state index contributed by atoms with van der Waals surface area (Å²) in [7, 11) is 3.81. The fourth-order valence-corrected chi connectivity index (χ4v) is 1.29. The van der Waals surface area contributed by atoms with E-state index in [9.17, 15) is 0 Å². The van der Waals surface area contributed by atoms with Gasteiger partial charge in [0, 0.05) is 19.8 Å². The smallest absolute Gasteiger partial charge is 0.0797 e. The molecule has 0 rings (SSSR count). The van der Waals surface area contributed by atoms with Gasteiger partial charge in [0.15, 0.2) is 0 Å². The molecule has 0 saturated heterocycles. The molecule has 0 aromatic rings. The fraction of sp³-hybridized carbons (Fsp3) is 0.750. The molecular formula is C8H17ClN2. The second-order valence-corrected chi connectivity index (χ2v) is 3.87. The molecule has 0 amide bonds. The lowest BCUT2D eigenvalue weighted by atomic mass is 10.1. The van der Waals surface area contributed by atoms with E-state index in [1.54, 1.807) is 0 Å². The molecule has 0 radical (unpaired) electrons. The number of nitrogens with one attached hydrogen (secondary N) is 1. The van der Waals surface area contributed by atoms with Gasteiger partial charge in [-0.2, -0.15) is 0 Å². The van der Waals surface area contributed by atoms with Crippen molar-refractivity contribution in [2.45, 2.75) is 25.6 Å². The highest BCUT2D eigenvalue weighted by atomic mass is 35.5. The van der Waals surface area contributed by atoms with Gasteiger partial charge in [-0.3, -0.25) is 0 Å². The zero-order valence-corrected chi connectivity index (χ0v) is 8.66. The monoisotopic (exact) mass is 176 g/mol. The molecule has 2 nitrogen and oxygen atoms in total. The highest BCUT2D eigenvalue weighted by molar-refractivity contribution is 6.25. The zero-order valence-electron chi connectivity index (χ0n) is 7.90. The van der Waals surface area contributed by atoms with Crippen molar-refractivity contribution in [1.29, 1.82) is 0 Å². The Morgan fingerprint density at radius 3 is 2.09 bits per heavy atom. The topological polar surface area (TPSA) is 15.3 Å². The van der Waals surface area contributed by atoms with Crippen LogP contribution in [-0.2, 0) is 0 Å². The number of rotatable bonds is 3. The van der Waals surface area contributed by atoms with E-state index < -0.39 is 0 Å². The van der Waals surface area contributed by atoms with Gasteiger partial charge in [0.05, 0.1) is 4.87 Å². The van der Waals surface area contributed by atoms with Crippen LogP contribution >= 0.6 is 11.6 Å². The van der Waals surface area contributed by atoms with Crippen molar-refractivity contribution in [3.63, 3.8) is 0 Å². The van der Waals surface area contributed by atoms with Crippen molar-refractivity contribution >= 4 is 11.6 Å². The minimum absolute atomic E-state index is 0.313. The van der Waals surface area contributed by atoms with Crippen LogP contribution in [0, 0.1) is 0 Å². The largest absolute Gasteiger partial charge is 0.314 e. The first-order valence-electron chi connectivity index (χ1n) is 3.70. The second kappa shape index (κ2) is 3.98. The van der Waals surface area contributed by atoms with E-state index in [-0.39, 0.29) is 4.87 Å². The van der Waals surface area contributed by atoms with Crippen molar-refractivity contribution in [1.82, 2.24) is 10.4 Å². The number of hydrogen-bond acceptors (Lipinski definition) is 2. The Labute approximate surface area is 74.2 Å². The van der Waals surface area contributed by atoms with Gasteiger partial charge in [0.1, 0.15) is 0 Å². The third-order valence-electron chi connectivity index (χ3n) is 1.58. The molecule has 0 bridgehead atoms. The summed E-state index contributed by atoms with van der Waals surface area (Å²) in [4.78, 5) is -0.313. The Hall–Kier alpha value is -0.210. The number of hydrogen-bond donors (Lipinski definition) is 1. The highest BCUT2D eigenvalue weighted by Gasteiger charge is 2.21. The first kappa shape index (κ1) is 10.8. The van der Waals surface area contributed by atoms with E-state index >= 15 is 0 Å². The molecule has 66 valence electrons. The Morgan fingerprint density at radius 1 is 1.55 bits per heavy atom. The zero-order chi connectivity index (χ0) is 9.07. The van der Waals surface area contributed by atoms with Crippen LogP contribution in [0.5, 0.6) is 0 Å². The first-order valence-corrected chi connectivity index (χ1v) is 4.08. The summed E-state index contributed by atoms with van der Waals surface area (Å²) in [6, 6.07) is 0. The van der Waals surface area contributed by atoms with Gasteiger partial charge in [-0.05, 0) is 20.8 Å². The number of alkyl halides is 1. The van der Waals surface area contributed by atoms with Crippen LogP contribution in [0.3, 0.4) is 0 Å². The van der Waals surface area contributed by atoms with Crippen LogP contribution in [0.15, 0.2) is 11.8 Å². The number of hydrazine groups is 1. The Bertz CT molecular complexity index is 147. The number of nitrogens with zero attached hydrogens (tertiary/aromatic N) is 1. The average Bonchev–Trinajstić information content (AvgIpc) is 1.86. The molecule has 3 heteroatoms. The van der Waals surface area contributed by atoms with Gasteiger partial charge in [-0.25, -0.2) is 5.43 Å². The van der Waals surface area contributed by atoms with Crippen LogP contribution < -0.4 is 5.43 Å². The predicted octanol–water partition coefficient (Wildman–Crippen LogP) is 1.97. The molecule has 0 aliphatic rings. The summed E-state index contributed by atoms with van der Waals surface area (Å²) in [6.07, 6.45) is 2.00. The lowest BCUT2D eigenvalue weighted by Crippen LogP contribution is -2.37. The minimum atomic E-state index is -0.313. The van der Waals surface area contributed by atoms with Crippen molar-refractivity contribution in [3.8, 4) is 0 Å². The Balaban J connectivity index is 4.44. The van der Waals surface area contributed by atoms with Gasteiger partial charge < -0.3 is 5.01 Å². The summed E-state index contributed by atoms with van der Waals surface area (Å²) in [5.41, 5.74) is 4.07. The van der Waals surface area contributed by atoms with E-state index in [1.807, 2.05) is 46.0 Å². The minimum Gasteiger partial charge on any atom is -0.314 e. The third kappa shape index (κ3) is 3.12. The molecule has 0 aromatic carbocycles. The lowest BCUT2D eigenvalue weighted by Gasteiger charge is -2.29. The standard InChI is InChI=1S/C8H17ClN2/c1-6-7(8(2,3)9)11(5)10-4/h6,10H,1-5H3/b7-6+. The highest BCUT2D eigenvalue weighted by Crippen LogP contribution is 2.24. The normalized spacial score (nSPS) is 13.5. The third-order valence-corrected chi connectivity index (χ3v) is 1.77. The van der Waals surface area contributed by atoms with E-state index in [4.69, 9.17) is 11.6 Å². The SMILES string of the molecule is C/C=C(/N(C)NC)C(C)(C)Cl. The summed E-state index contributed by atoms with van der Waals surface area (Å²) >= 11 is 6.12. The fourth-order valence-electron chi connectivity index (χ4n) is 1.06. The molecule has 0 aromatic heterocycles. The first-order chi connectivity index (χ1) is 4.93. The van der Waals surface area contributed by atoms with E-state index in [1.165, 1.54) is 0 Å². The maximum absolute atomic E-state index is 6.12. The molecule has 0 spiro atoms. The average molecular weight is 177 g/mol. The maximum atomic E-state index is 6.12. The molecule has 0 saturated carbocycles. The van der Waals surface area contributed by atoms with E-state index in [2.05, 4.69) is 5.43 Å². The number of halogens is 1. The lowest BCUT2D eigenvalue weighted by molar-refractivity contribution is 0.307. The molecule has 0 heterocycles. The summed E-state index contributed by atoms with van der Waals surface area (Å²) in [5, 5.41) is 1.91. The molecule has 0 atom stereocenters. The molecule has 11 heavy (non-hydrogen) atoms. The number of allylic oxidation sites excluding steroid dienone is 2. The maximum Gasteiger partial charge on any atom is 0.0797 e. The molecule has 0 aliphatic heterocycles. The van der Waals surface area contributed by atoms with E-state index in [0.717, 1.165) is 5.70 Å². The Kier molecular flexibility index (Phi) is 3.90. The summed E-state index contributed by atoms with van der Waals surface area (Å²) in [6.45, 7) is 5.92. The van der Waals surface area contributed by atoms with Crippen LogP contribution in [0.1, 0.15) is 20.8 Å². The molecule has 1 N–H and O–H groups in total. The molecule has 0 aliphatic carbocycles. The molecular weight excluding hydrogens is 160 g/mol. The predicted molar refractivity (Wildman–Crippen MR) is 50.5 cm³/mol. The van der Waals surface area contributed by atoms with Gasteiger partial charge >= 0.3 is 0 Å². The van der Waals surface area contributed by atoms with Crippen LogP contribution in [0.4, 0.5) is 0 Å². The molecule has 0 fully saturated rings. The van der Waals surface area contributed by atoms with E-state index in [0.29, 0.717) is 0 Å². The summed E-state index contributed by atoms with van der Waals surface area (Å²) in [5.74, 6) is 0. The second-order valence-electron chi connectivity index (χ2n) is 2.93.